The Bertz CT molecular complexity index is 1050. The number of aromatic nitrogens is 3. The molecule has 29 heavy (non-hydrogen) atoms. The molecule has 0 fully saturated rings. The van der Waals surface area contributed by atoms with Gasteiger partial charge in [-0.1, -0.05) is 41.6 Å². The Balaban J connectivity index is 1.90. The maximum atomic E-state index is 12.9. The fraction of sp³-hybridized carbons (Fsp3) is 0.105. The van der Waals surface area contributed by atoms with Gasteiger partial charge in [-0.25, -0.2) is 5.10 Å². The van der Waals surface area contributed by atoms with Crippen molar-refractivity contribution < 1.29 is 26.3 Å². The molecule has 3 aromatic rings. The van der Waals surface area contributed by atoms with Gasteiger partial charge in [0.15, 0.2) is 5.69 Å². The smallest absolute Gasteiger partial charge is 0.247 e. The van der Waals surface area contributed by atoms with Crippen LogP contribution in [0.15, 0.2) is 42.5 Å². The van der Waals surface area contributed by atoms with E-state index in [0.29, 0.717) is 29.0 Å². The van der Waals surface area contributed by atoms with Crippen molar-refractivity contribution in [3.8, 4) is 17.3 Å². The van der Waals surface area contributed by atoms with Crippen molar-refractivity contribution in [1.82, 2.24) is 15.4 Å². The molecule has 0 saturated carbocycles. The van der Waals surface area contributed by atoms with Crippen LogP contribution in [0.25, 0.3) is 23.4 Å². The molecule has 4 nitrogen and oxygen atoms in total. The molecule has 0 aliphatic rings. The van der Waals surface area contributed by atoms with Gasteiger partial charge in [0.1, 0.15) is 11.8 Å². The number of rotatable bonds is 3. The molecule has 0 spiro atoms. The van der Waals surface area contributed by atoms with E-state index in [4.69, 9.17) is 5.26 Å². The number of halogens is 6. The molecule has 0 saturated heterocycles. The van der Waals surface area contributed by atoms with Gasteiger partial charge >= 0.3 is 12.4 Å². The van der Waals surface area contributed by atoms with Gasteiger partial charge in [-0.3, -0.25) is 0 Å². The van der Waals surface area contributed by atoms with E-state index in [1.54, 1.807) is 24.3 Å². The molecular weight excluding hydrogens is 398 g/mol. The van der Waals surface area contributed by atoms with Crippen LogP contribution >= 0.6 is 0 Å². The number of benzene rings is 2. The van der Waals surface area contributed by atoms with Crippen LogP contribution in [0.5, 0.6) is 0 Å². The zero-order valence-electron chi connectivity index (χ0n) is 14.3. The lowest BCUT2D eigenvalue weighted by molar-refractivity contribution is -0.143. The van der Waals surface area contributed by atoms with Crippen molar-refractivity contribution in [3.63, 3.8) is 0 Å². The molecule has 0 amide bonds. The minimum atomic E-state index is -4.90. The van der Waals surface area contributed by atoms with Gasteiger partial charge in [0.25, 0.3) is 0 Å². The summed E-state index contributed by atoms with van der Waals surface area (Å²) in [7, 11) is 0. The monoisotopic (exact) mass is 408 g/mol. The molecule has 3 rings (SSSR count). The number of nitrogens with one attached hydrogen (secondary N) is 1. The molecule has 0 aliphatic carbocycles. The predicted molar refractivity (Wildman–Crippen MR) is 91.9 cm³/mol. The maximum absolute atomic E-state index is 12.9. The molecule has 2 aromatic carbocycles. The standard InChI is InChI=1S/C19H10F6N4/c20-18(21,22)14-7-12(8-15(9-14)19(23,24)25)2-1-11-3-5-13(6-4-11)17-16(10-26)27-29-28-17/h1-9H,(H,27,28,29)/b2-1+. The number of nitrogens with zero attached hydrogens (tertiary/aromatic N) is 3. The molecule has 148 valence electrons. The zero-order chi connectivity index (χ0) is 21.2. The highest BCUT2D eigenvalue weighted by molar-refractivity contribution is 5.72. The van der Waals surface area contributed by atoms with Gasteiger partial charge in [0, 0.05) is 5.56 Å². The average molecular weight is 408 g/mol. The number of aromatic amines is 1. The van der Waals surface area contributed by atoms with E-state index in [-0.39, 0.29) is 17.3 Å². The second kappa shape index (κ2) is 7.43. The number of hydrogen-bond donors (Lipinski definition) is 1. The number of alkyl halides is 6. The van der Waals surface area contributed by atoms with E-state index in [0.717, 1.165) is 6.08 Å². The van der Waals surface area contributed by atoms with Gasteiger partial charge in [-0.2, -0.15) is 31.6 Å². The van der Waals surface area contributed by atoms with Crippen molar-refractivity contribution in [2.75, 3.05) is 0 Å². The van der Waals surface area contributed by atoms with Crippen LogP contribution in [0.3, 0.4) is 0 Å². The summed E-state index contributed by atoms with van der Waals surface area (Å²) in [4.78, 5) is 0. The van der Waals surface area contributed by atoms with E-state index < -0.39 is 23.5 Å². The average Bonchev–Trinajstić information content (AvgIpc) is 3.14. The van der Waals surface area contributed by atoms with E-state index in [1.165, 1.54) is 6.08 Å². The van der Waals surface area contributed by atoms with E-state index in [1.807, 2.05) is 6.07 Å². The molecule has 1 aromatic heterocycles. The fourth-order valence-electron chi connectivity index (χ4n) is 2.53. The summed E-state index contributed by atoms with van der Waals surface area (Å²) in [6.07, 6.45) is -7.26. The van der Waals surface area contributed by atoms with Gasteiger partial charge < -0.3 is 0 Å². The SMILES string of the molecule is N#Cc1[nH]nnc1-c1ccc(/C=C/c2cc(C(F)(F)F)cc(C(F)(F)F)c2)cc1. The zero-order valence-corrected chi connectivity index (χ0v) is 14.3. The van der Waals surface area contributed by atoms with E-state index >= 15 is 0 Å². The summed E-state index contributed by atoms with van der Waals surface area (Å²) in [5.74, 6) is 0. The van der Waals surface area contributed by atoms with Crippen molar-refractivity contribution in [2.45, 2.75) is 12.4 Å². The summed E-state index contributed by atoms with van der Waals surface area (Å²) in [6.45, 7) is 0. The van der Waals surface area contributed by atoms with Crippen molar-refractivity contribution >= 4 is 12.2 Å². The van der Waals surface area contributed by atoms with Crippen LogP contribution in [0.1, 0.15) is 27.9 Å². The Morgan fingerprint density at radius 1 is 0.828 bits per heavy atom. The number of hydrogen-bond acceptors (Lipinski definition) is 3. The van der Waals surface area contributed by atoms with Crippen molar-refractivity contribution in [2.24, 2.45) is 0 Å². The summed E-state index contributed by atoms with van der Waals surface area (Å²) in [6, 6.07) is 9.64. The van der Waals surface area contributed by atoms with Gasteiger partial charge in [-0.15, -0.1) is 5.10 Å². The molecular formula is C19H10F6N4. The summed E-state index contributed by atoms with van der Waals surface area (Å²) in [5, 5.41) is 18.7. The Hall–Kier alpha value is -3.61. The summed E-state index contributed by atoms with van der Waals surface area (Å²) >= 11 is 0. The Morgan fingerprint density at radius 2 is 1.38 bits per heavy atom. The highest BCUT2D eigenvalue weighted by atomic mass is 19.4. The largest absolute Gasteiger partial charge is 0.416 e. The molecule has 1 heterocycles. The Labute approximate surface area is 160 Å². The maximum Gasteiger partial charge on any atom is 0.416 e. The summed E-state index contributed by atoms with van der Waals surface area (Å²) in [5.41, 5.74) is -1.39. The molecule has 0 bridgehead atoms. The highest BCUT2D eigenvalue weighted by Crippen LogP contribution is 2.36. The second-order valence-electron chi connectivity index (χ2n) is 5.94. The van der Waals surface area contributed by atoms with Gasteiger partial charge in [0.05, 0.1) is 11.1 Å². The van der Waals surface area contributed by atoms with Crippen molar-refractivity contribution in [1.29, 1.82) is 5.26 Å². The second-order valence-corrected chi connectivity index (χ2v) is 5.94. The fourth-order valence-corrected chi connectivity index (χ4v) is 2.53. The first-order chi connectivity index (χ1) is 13.6. The predicted octanol–water partition coefficient (Wildman–Crippen LogP) is 5.55. The minimum absolute atomic E-state index is 0.0802. The van der Waals surface area contributed by atoms with Crippen LogP contribution in [0.2, 0.25) is 0 Å². The molecule has 0 aliphatic heterocycles. The van der Waals surface area contributed by atoms with Crippen LogP contribution < -0.4 is 0 Å². The lowest BCUT2D eigenvalue weighted by Crippen LogP contribution is -2.11. The first-order valence-corrected chi connectivity index (χ1v) is 7.97. The highest BCUT2D eigenvalue weighted by Gasteiger charge is 2.36. The number of nitriles is 1. The third-order valence-electron chi connectivity index (χ3n) is 3.92. The van der Waals surface area contributed by atoms with Crippen LogP contribution in [0.4, 0.5) is 26.3 Å². The minimum Gasteiger partial charge on any atom is -0.247 e. The molecule has 1 N–H and O–H groups in total. The lowest BCUT2D eigenvalue weighted by atomic mass is 10.0. The van der Waals surface area contributed by atoms with Gasteiger partial charge in [-0.05, 0) is 29.3 Å². The van der Waals surface area contributed by atoms with Crippen molar-refractivity contribution in [3.05, 3.63) is 70.4 Å². The van der Waals surface area contributed by atoms with Gasteiger partial charge in [0.2, 0.25) is 0 Å². The first-order valence-electron chi connectivity index (χ1n) is 7.97. The molecule has 0 atom stereocenters. The lowest BCUT2D eigenvalue weighted by Gasteiger charge is -2.12. The molecule has 0 radical (unpaired) electrons. The quantitative estimate of drug-likeness (QED) is 0.456. The van der Waals surface area contributed by atoms with E-state index in [2.05, 4.69) is 15.4 Å². The van der Waals surface area contributed by atoms with Crippen LogP contribution in [-0.4, -0.2) is 15.4 Å². The first kappa shape index (κ1) is 20.1. The summed E-state index contributed by atoms with van der Waals surface area (Å²) < 4.78 is 77.5. The molecule has 0 unspecified atom stereocenters. The van der Waals surface area contributed by atoms with E-state index in [9.17, 15) is 26.3 Å². The van der Waals surface area contributed by atoms with Crippen LogP contribution in [-0.2, 0) is 12.4 Å². The van der Waals surface area contributed by atoms with Crippen LogP contribution in [0, 0.1) is 11.3 Å². The Kier molecular flexibility index (Phi) is 5.16. The Morgan fingerprint density at radius 3 is 1.90 bits per heavy atom. The normalized spacial score (nSPS) is 12.3. The third-order valence-corrected chi connectivity index (χ3v) is 3.92. The topological polar surface area (TPSA) is 65.4 Å². The third kappa shape index (κ3) is 4.63. The number of H-pyrrole nitrogens is 1. The molecule has 10 heteroatoms.